The van der Waals surface area contributed by atoms with Gasteiger partial charge in [0, 0.05) is 35.8 Å². The highest BCUT2D eigenvalue weighted by molar-refractivity contribution is 7.80. The van der Waals surface area contributed by atoms with Crippen molar-refractivity contribution in [2.45, 2.75) is 12.5 Å². The van der Waals surface area contributed by atoms with Gasteiger partial charge in [0.2, 0.25) is 5.88 Å². The van der Waals surface area contributed by atoms with E-state index in [2.05, 4.69) is 34.4 Å². The van der Waals surface area contributed by atoms with Gasteiger partial charge in [-0.25, -0.2) is 4.98 Å². The number of rotatable bonds is 8. The van der Waals surface area contributed by atoms with Gasteiger partial charge >= 0.3 is 0 Å². The topological polar surface area (TPSA) is 60.2 Å². The van der Waals surface area contributed by atoms with Crippen LogP contribution in [0.4, 0.5) is 5.69 Å². The predicted molar refractivity (Wildman–Crippen MR) is 88.1 cm³/mol. The quantitative estimate of drug-likeness (QED) is 0.656. The van der Waals surface area contributed by atoms with Crippen LogP contribution in [0.5, 0.6) is 5.88 Å². The van der Waals surface area contributed by atoms with Gasteiger partial charge in [0.15, 0.2) is 0 Å². The lowest BCUT2D eigenvalue weighted by molar-refractivity contribution is 0.312. The minimum atomic E-state index is 0.0116. The molecule has 108 valence electrons. The van der Waals surface area contributed by atoms with E-state index in [0.717, 1.165) is 12.1 Å². The average Bonchev–Trinajstić information content (AvgIpc) is 2.99. The third kappa shape index (κ3) is 4.70. The predicted octanol–water partition coefficient (Wildman–Crippen LogP) is 2.43. The molecule has 0 saturated heterocycles. The largest absolute Gasteiger partial charge is 0.476 e. The van der Waals surface area contributed by atoms with Crippen molar-refractivity contribution in [3.8, 4) is 5.88 Å². The number of anilines is 1. The van der Waals surface area contributed by atoms with Gasteiger partial charge in [-0.1, -0.05) is 6.07 Å². The Balaban J connectivity index is 1.86. The van der Waals surface area contributed by atoms with Crippen LogP contribution >= 0.6 is 24.0 Å². The van der Waals surface area contributed by atoms with Gasteiger partial charge in [-0.2, -0.15) is 12.6 Å². The van der Waals surface area contributed by atoms with Crippen molar-refractivity contribution >= 4 is 29.7 Å². The lowest BCUT2D eigenvalue weighted by Gasteiger charge is -2.14. The summed E-state index contributed by atoms with van der Waals surface area (Å²) >= 11 is 5.91. The summed E-state index contributed by atoms with van der Waals surface area (Å²) in [5.74, 6) is 1.26. The Bertz CT molecular complexity index is 505. The maximum absolute atomic E-state index is 5.84. The summed E-state index contributed by atoms with van der Waals surface area (Å²) in [4.78, 5) is 5.57. The number of nitrogens with one attached hydrogen (secondary N) is 1. The molecule has 0 aliphatic rings. The van der Waals surface area contributed by atoms with Gasteiger partial charge in [-0.3, -0.25) is 0 Å². The molecular weight excluding hydrogens is 290 g/mol. The van der Waals surface area contributed by atoms with Crippen LogP contribution in [0, 0.1) is 0 Å². The van der Waals surface area contributed by atoms with Crippen LogP contribution in [0.15, 0.2) is 35.8 Å². The molecule has 0 spiro atoms. The van der Waals surface area contributed by atoms with E-state index in [1.54, 1.807) is 17.5 Å². The van der Waals surface area contributed by atoms with Crippen LogP contribution in [-0.4, -0.2) is 29.9 Å². The highest BCUT2D eigenvalue weighted by atomic mass is 32.1. The molecule has 0 aromatic carbocycles. The van der Waals surface area contributed by atoms with Crippen LogP contribution in [0.2, 0.25) is 0 Å². The fraction of sp³-hybridized carbons (Fsp3) is 0.357. The Morgan fingerprint density at radius 1 is 1.40 bits per heavy atom. The van der Waals surface area contributed by atoms with Gasteiger partial charge < -0.3 is 15.8 Å². The number of hydrogen-bond acceptors (Lipinski definition) is 6. The molecule has 3 N–H and O–H groups in total. The molecule has 0 fully saturated rings. The molecular formula is C14H19N3OS2. The Morgan fingerprint density at radius 3 is 3.05 bits per heavy atom. The Kier molecular flexibility index (Phi) is 6.17. The van der Waals surface area contributed by atoms with Gasteiger partial charge in [0.05, 0.1) is 12.3 Å². The summed E-state index contributed by atoms with van der Waals surface area (Å²) in [6.07, 6.45) is 2.62. The number of ether oxygens (including phenoxy) is 1. The normalized spacial score (nSPS) is 12.1. The molecule has 0 aliphatic heterocycles. The summed E-state index contributed by atoms with van der Waals surface area (Å²) in [7, 11) is 0. The van der Waals surface area contributed by atoms with E-state index >= 15 is 0 Å². The SMILES string of the molecule is NC(CS)CNc1cccnc1OCCc1cccs1. The van der Waals surface area contributed by atoms with Crippen LogP contribution in [0.1, 0.15) is 4.88 Å². The Morgan fingerprint density at radius 2 is 2.30 bits per heavy atom. The van der Waals surface area contributed by atoms with Gasteiger partial charge in [-0.05, 0) is 23.6 Å². The molecule has 2 heterocycles. The van der Waals surface area contributed by atoms with E-state index in [1.165, 1.54) is 4.88 Å². The summed E-state index contributed by atoms with van der Waals surface area (Å²) in [6, 6.07) is 7.99. The molecule has 2 aromatic heterocycles. The van der Waals surface area contributed by atoms with Gasteiger partial charge in [0.25, 0.3) is 0 Å². The first kappa shape index (κ1) is 15.2. The van der Waals surface area contributed by atoms with E-state index in [0.29, 0.717) is 24.8 Å². The number of nitrogens with two attached hydrogens (primary N) is 1. The molecule has 0 amide bonds. The van der Waals surface area contributed by atoms with E-state index in [1.807, 2.05) is 18.2 Å². The Hall–Kier alpha value is -1.24. The standard InChI is InChI=1S/C14H19N3OS2/c15-11(10-19)9-17-13-4-1-6-16-14(13)18-7-5-12-3-2-8-20-12/h1-4,6,8,11,17,19H,5,7,9-10,15H2. The first-order valence-electron chi connectivity index (χ1n) is 6.50. The fourth-order valence-electron chi connectivity index (χ4n) is 1.65. The lowest BCUT2D eigenvalue weighted by atomic mass is 10.3. The number of pyridine rings is 1. The second kappa shape index (κ2) is 8.14. The first-order chi connectivity index (χ1) is 9.79. The van der Waals surface area contributed by atoms with E-state index in [-0.39, 0.29) is 6.04 Å². The maximum atomic E-state index is 5.84. The van der Waals surface area contributed by atoms with Crippen molar-refractivity contribution in [1.29, 1.82) is 0 Å². The van der Waals surface area contributed by atoms with Crippen LogP contribution < -0.4 is 15.8 Å². The van der Waals surface area contributed by atoms with Crippen LogP contribution in [0.3, 0.4) is 0 Å². The number of thiol groups is 1. The zero-order chi connectivity index (χ0) is 14.2. The Labute approximate surface area is 128 Å². The molecule has 4 nitrogen and oxygen atoms in total. The van der Waals surface area contributed by atoms with Crippen molar-refractivity contribution in [3.63, 3.8) is 0 Å². The molecule has 2 aromatic rings. The zero-order valence-corrected chi connectivity index (χ0v) is 12.9. The maximum Gasteiger partial charge on any atom is 0.237 e. The fourth-order valence-corrected chi connectivity index (χ4v) is 2.47. The van der Waals surface area contributed by atoms with Crippen molar-refractivity contribution in [2.24, 2.45) is 5.73 Å². The minimum Gasteiger partial charge on any atom is -0.476 e. The number of hydrogen-bond donors (Lipinski definition) is 3. The molecule has 1 unspecified atom stereocenters. The molecule has 0 radical (unpaired) electrons. The highest BCUT2D eigenvalue weighted by Gasteiger charge is 2.06. The molecule has 2 rings (SSSR count). The van der Waals surface area contributed by atoms with Crippen LogP contribution in [-0.2, 0) is 6.42 Å². The first-order valence-corrected chi connectivity index (χ1v) is 8.01. The summed E-state index contributed by atoms with van der Waals surface area (Å²) < 4.78 is 5.75. The molecule has 6 heteroatoms. The molecule has 0 saturated carbocycles. The van der Waals surface area contributed by atoms with Crippen LogP contribution in [0.25, 0.3) is 0 Å². The van der Waals surface area contributed by atoms with E-state index in [4.69, 9.17) is 10.5 Å². The number of aromatic nitrogens is 1. The van der Waals surface area contributed by atoms with Crippen molar-refractivity contribution < 1.29 is 4.74 Å². The summed E-state index contributed by atoms with van der Waals surface area (Å²) in [6.45, 7) is 1.27. The second-order valence-corrected chi connectivity index (χ2v) is 5.75. The van der Waals surface area contributed by atoms with Crippen molar-refractivity contribution in [2.75, 3.05) is 24.2 Å². The molecule has 1 atom stereocenters. The second-order valence-electron chi connectivity index (χ2n) is 4.36. The molecule has 0 aliphatic carbocycles. The summed E-state index contributed by atoms with van der Waals surface area (Å²) in [5, 5.41) is 5.32. The highest BCUT2D eigenvalue weighted by Crippen LogP contribution is 2.21. The minimum absolute atomic E-state index is 0.0116. The number of nitrogens with zero attached hydrogens (tertiary/aromatic N) is 1. The lowest BCUT2D eigenvalue weighted by Crippen LogP contribution is -2.30. The zero-order valence-electron chi connectivity index (χ0n) is 11.2. The van der Waals surface area contributed by atoms with E-state index < -0.39 is 0 Å². The van der Waals surface area contributed by atoms with E-state index in [9.17, 15) is 0 Å². The monoisotopic (exact) mass is 309 g/mol. The van der Waals surface area contributed by atoms with Crippen molar-refractivity contribution in [1.82, 2.24) is 4.98 Å². The van der Waals surface area contributed by atoms with Crippen molar-refractivity contribution in [3.05, 3.63) is 40.7 Å². The van der Waals surface area contributed by atoms with Gasteiger partial charge in [-0.15, -0.1) is 11.3 Å². The average molecular weight is 309 g/mol. The molecule has 0 bridgehead atoms. The smallest absolute Gasteiger partial charge is 0.237 e. The number of thiophene rings is 1. The third-order valence-corrected chi connectivity index (χ3v) is 4.13. The van der Waals surface area contributed by atoms with Gasteiger partial charge in [0.1, 0.15) is 0 Å². The molecule has 20 heavy (non-hydrogen) atoms. The third-order valence-electron chi connectivity index (χ3n) is 2.73. The summed E-state index contributed by atoms with van der Waals surface area (Å²) in [5.41, 5.74) is 6.71.